The van der Waals surface area contributed by atoms with E-state index < -0.39 is 0 Å². The van der Waals surface area contributed by atoms with E-state index in [1.165, 1.54) is 0 Å². The first-order valence-electron chi connectivity index (χ1n) is 5.95. The summed E-state index contributed by atoms with van der Waals surface area (Å²) in [5.74, 6) is 0.437. The summed E-state index contributed by atoms with van der Waals surface area (Å²) in [7, 11) is 1.71. The molecule has 1 aromatic carbocycles. The van der Waals surface area contributed by atoms with Crippen LogP contribution in [0, 0.1) is 0 Å². The summed E-state index contributed by atoms with van der Waals surface area (Å²) in [6.45, 7) is 0.636. The van der Waals surface area contributed by atoms with Crippen LogP contribution in [-0.4, -0.2) is 26.6 Å². The molecule has 2 aromatic heterocycles. The lowest BCUT2D eigenvalue weighted by Gasteiger charge is -2.04. The Morgan fingerprint density at radius 3 is 2.84 bits per heavy atom. The lowest BCUT2D eigenvalue weighted by Crippen LogP contribution is -2.12. The standard InChI is InChI=1S/C13H13N5O/c1-14-13-16-11-10(12(19)17-13)15-8-18(11)7-9-5-3-2-4-6-9/h2-6,8H,7H2,1H3,(H2,14,16,17,19). The van der Waals surface area contributed by atoms with E-state index in [0.29, 0.717) is 23.7 Å². The van der Waals surface area contributed by atoms with Crippen LogP contribution in [0.15, 0.2) is 41.5 Å². The van der Waals surface area contributed by atoms with Gasteiger partial charge in [0.1, 0.15) is 0 Å². The number of rotatable bonds is 3. The Morgan fingerprint density at radius 1 is 1.32 bits per heavy atom. The monoisotopic (exact) mass is 255 g/mol. The van der Waals surface area contributed by atoms with Crippen molar-refractivity contribution in [1.82, 2.24) is 19.5 Å². The van der Waals surface area contributed by atoms with Gasteiger partial charge in [0, 0.05) is 7.05 Å². The van der Waals surface area contributed by atoms with Crippen LogP contribution in [0.3, 0.4) is 0 Å². The van der Waals surface area contributed by atoms with Crippen LogP contribution in [0.25, 0.3) is 11.2 Å². The number of hydrogen-bond donors (Lipinski definition) is 2. The molecule has 0 bridgehead atoms. The second-order valence-electron chi connectivity index (χ2n) is 4.19. The first-order chi connectivity index (χ1) is 9.28. The minimum atomic E-state index is -0.235. The van der Waals surface area contributed by atoms with Gasteiger partial charge in [-0.25, -0.2) is 4.98 Å². The molecule has 0 radical (unpaired) electrons. The highest BCUT2D eigenvalue weighted by molar-refractivity contribution is 5.70. The van der Waals surface area contributed by atoms with Crippen LogP contribution < -0.4 is 10.9 Å². The van der Waals surface area contributed by atoms with Gasteiger partial charge in [-0.15, -0.1) is 0 Å². The zero-order valence-electron chi connectivity index (χ0n) is 10.4. The third kappa shape index (κ3) is 2.08. The van der Waals surface area contributed by atoms with Gasteiger partial charge < -0.3 is 9.88 Å². The fourth-order valence-electron chi connectivity index (χ4n) is 1.97. The van der Waals surface area contributed by atoms with E-state index in [9.17, 15) is 4.79 Å². The predicted octanol–water partition coefficient (Wildman–Crippen LogP) is 1.21. The molecule has 2 heterocycles. The summed E-state index contributed by atoms with van der Waals surface area (Å²) in [5, 5.41) is 2.83. The molecule has 2 N–H and O–H groups in total. The number of nitrogens with one attached hydrogen (secondary N) is 2. The van der Waals surface area contributed by atoms with E-state index in [1.54, 1.807) is 13.4 Å². The maximum absolute atomic E-state index is 11.8. The molecular formula is C13H13N5O. The SMILES string of the molecule is CNc1nc2c(ncn2Cc2ccccc2)c(=O)[nH]1. The topological polar surface area (TPSA) is 75.6 Å². The van der Waals surface area contributed by atoms with Gasteiger partial charge in [-0.05, 0) is 5.56 Å². The van der Waals surface area contributed by atoms with Crippen molar-refractivity contribution >= 4 is 17.1 Å². The summed E-state index contributed by atoms with van der Waals surface area (Å²) in [5.41, 5.74) is 1.84. The number of nitrogens with zero attached hydrogens (tertiary/aromatic N) is 3. The Balaban J connectivity index is 2.10. The molecule has 0 atom stereocenters. The number of fused-ring (bicyclic) bond motifs is 1. The highest BCUT2D eigenvalue weighted by Gasteiger charge is 2.09. The van der Waals surface area contributed by atoms with Crippen molar-refractivity contribution in [2.45, 2.75) is 6.54 Å². The van der Waals surface area contributed by atoms with Crippen molar-refractivity contribution in [2.75, 3.05) is 12.4 Å². The molecule has 0 amide bonds. The van der Waals surface area contributed by atoms with E-state index in [1.807, 2.05) is 34.9 Å². The minimum Gasteiger partial charge on any atom is -0.359 e. The number of aromatic amines is 1. The average Bonchev–Trinajstić information content (AvgIpc) is 2.83. The third-order valence-corrected chi connectivity index (χ3v) is 2.91. The summed E-state index contributed by atoms with van der Waals surface area (Å²) in [6.07, 6.45) is 1.64. The molecule has 3 rings (SSSR count). The molecule has 96 valence electrons. The summed E-state index contributed by atoms with van der Waals surface area (Å²) < 4.78 is 1.86. The van der Waals surface area contributed by atoms with Crippen molar-refractivity contribution in [3.8, 4) is 0 Å². The first-order valence-corrected chi connectivity index (χ1v) is 5.95. The average molecular weight is 255 g/mol. The van der Waals surface area contributed by atoms with Crippen LogP contribution in [0.1, 0.15) is 5.56 Å². The van der Waals surface area contributed by atoms with Gasteiger partial charge in [0.05, 0.1) is 12.9 Å². The second kappa shape index (κ2) is 4.56. The van der Waals surface area contributed by atoms with Gasteiger partial charge in [-0.1, -0.05) is 30.3 Å². The van der Waals surface area contributed by atoms with E-state index in [-0.39, 0.29) is 5.56 Å². The zero-order chi connectivity index (χ0) is 13.2. The molecule has 0 aliphatic rings. The summed E-state index contributed by atoms with van der Waals surface area (Å²) in [4.78, 5) is 22.9. The molecule has 0 fully saturated rings. The molecule has 0 unspecified atom stereocenters. The Kier molecular flexibility index (Phi) is 2.75. The predicted molar refractivity (Wildman–Crippen MR) is 73.2 cm³/mol. The minimum absolute atomic E-state index is 0.235. The number of anilines is 1. The second-order valence-corrected chi connectivity index (χ2v) is 4.19. The Bertz CT molecular complexity index is 760. The molecular weight excluding hydrogens is 242 g/mol. The van der Waals surface area contributed by atoms with E-state index >= 15 is 0 Å². The molecule has 19 heavy (non-hydrogen) atoms. The Hall–Kier alpha value is -2.63. The van der Waals surface area contributed by atoms with Crippen molar-refractivity contribution in [2.24, 2.45) is 0 Å². The fourth-order valence-corrected chi connectivity index (χ4v) is 1.97. The van der Waals surface area contributed by atoms with Crippen molar-refractivity contribution < 1.29 is 0 Å². The van der Waals surface area contributed by atoms with Crippen molar-refractivity contribution in [3.05, 3.63) is 52.6 Å². The maximum atomic E-state index is 11.8. The van der Waals surface area contributed by atoms with Gasteiger partial charge in [0.2, 0.25) is 5.95 Å². The number of aromatic nitrogens is 4. The lowest BCUT2D eigenvalue weighted by atomic mass is 10.2. The molecule has 0 aliphatic heterocycles. The van der Waals surface area contributed by atoms with Crippen LogP contribution in [-0.2, 0) is 6.54 Å². The number of imidazole rings is 1. The van der Waals surface area contributed by atoms with Crippen LogP contribution in [0.2, 0.25) is 0 Å². The third-order valence-electron chi connectivity index (χ3n) is 2.91. The van der Waals surface area contributed by atoms with Gasteiger partial charge in [-0.3, -0.25) is 9.78 Å². The van der Waals surface area contributed by atoms with Gasteiger partial charge in [0.15, 0.2) is 11.2 Å². The first kappa shape index (κ1) is 11.5. The Morgan fingerprint density at radius 2 is 2.11 bits per heavy atom. The number of benzene rings is 1. The zero-order valence-corrected chi connectivity index (χ0v) is 10.4. The van der Waals surface area contributed by atoms with E-state index in [0.717, 1.165) is 5.56 Å². The molecule has 3 aromatic rings. The van der Waals surface area contributed by atoms with Crippen molar-refractivity contribution in [1.29, 1.82) is 0 Å². The van der Waals surface area contributed by atoms with Gasteiger partial charge >= 0.3 is 0 Å². The number of hydrogen-bond acceptors (Lipinski definition) is 4. The largest absolute Gasteiger partial charge is 0.359 e. The lowest BCUT2D eigenvalue weighted by molar-refractivity contribution is 0.813. The van der Waals surface area contributed by atoms with Gasteiger partial charge in [-0.2, -0.15) is 4.98 Å². The van der Waals surface area contributed by atoms with Crippen LogP contribution >= 0.6 is 0 Å². The van der Waals surface area contributed by atoms with Crippen LogP contribution in [0.4, 0.5) is 5.95 Å². The molecule has 0 saturated heterocycles. The summed E-state index contributed by atoms with van der Waals surface area (Å²) in [6, 6.07) is 9.98. The highest BCUT2D eigenvalue weighted by Crippen LogP contribution is 2.10. The fraction of sp³-hybridized carbons (Fsp3) is 0.154. The van der Waals surface area contributed by atoms with Crippen LogP contribution in [0.5, 0.6) is 0 Å². The van der Waals surface area contributed by atoms with E-state index in [2.05, 4.69) is 20.3 Å². The molecule has 6 nitrogen and oxygen atoms in total. The number of H-pyrrole nitrogens is 1. The molecule has 6 heteroatoms. The van der Waals surface area contributed by atoms with E-state index in [4.69, 9.17) is 0 Å². The van der Waals surface area contributed by atoms with Gasteiger partial charge in [0.25, 0.3) is 5.56 Å². The molecule has 0 saturated carbocycles. The normalized spacial score (nSPS) is 10.8. The Labute approximate surface area is 109 Å². The molecule has 0 spiro atoms. The van der Waals surface area contributed by atoms with Crippen molar-refractivity contribution in [3.63, 3.8) is 0 Å². The highest BCUT2D eigenvalue weighted by atomic mass is 16.1. The molecule has 0 aliphatic carbocycles. The quantitative estimate of drug-likeness (QED) is 0.737. The summed E-state index contributed by atoms with van der Waals surface area (Å²) >= 11 is 0. The smallest absolute Gasteiger partial charge is 0.280 e. The maximum Gasteiger partial charge on any atom is 0.280 e.